The lowest BCUT2D eigenvalue weighted by Crippen LogP contribution is -2.16. The number of hydrogen-bond donors (Lipinski definition) is 0. The third-order valence-corrected chi connectivity index (χ3v) is 4.76. The third kappa shape index (κ3) is 2.90. The minimum absolute atomic E-state index is 0.456. The van der Waals surface area contributed by atoms with Gasteiger partial charge in [-0.3, -0.25) is 0 Å². The van der Waals surface area contributed by atoms with Gasteiger partial charge in [-0.25, -0.2) is 4.98 Å². The Hall–Kier alpha value is -1.57. The Morgan fingerprint density at radius 3 is 2.90 bits per heavy atom. The zero-order valence-electron chi connectivity index (χ0n) is 13.3. The molecule has 0 saturated heterocycles. The summed E-state index contributed by atoms with van der Waals surface area (Å²) in [6, 6.07) is 8.83. The summed E-state index contributed by atoms with van der Waals surface area (Å²) in [5.41, 5.74) is 4.29. The third-order valence-electron chi connectivity index (χ3n) is 4.76. The van der Waals surface area contributed by atoms with Crippen LogP contribution in [0.15, 0.2) is 30.5 Å². The normalized spacial score (nSPS) is 15.7. The highest BCUT2D eigenvalue weighted by molar-refractivity contribution is 5.34. The quantitative estimate of drug-likeness (QED) is 0.766. The Kier molecular flexibility index (Phi) is 4.42. The number of aromatic nitrogens is 2. The van der Waals surface area contributed by atoms with Crippen molar-refractivity contribution in [1.82, 2.24) is 9.55 Å². The number of aryl methyl sites for hydroxylation is 2. The van der Waals surface area contributed by atoms with E-state index in [1.54, 1.807) is 0 Å². The fraction of sp³-hybridized carbons (Fsp3) is 0.526. The molecule has 0 bridgehead atoms. The van der Waals surface area contributed by atoms with Crippen LogP contribution in [-0.4, -0.2) is 9.55 Å². The van der Waals surface area contributed by atoms with Gasteiger partial charge in [0.1, 0.15) is 5.82 Å². The van der Waals surface area contributed by atoms with E-state index in [9.17, 15) is 0 Å². The Bertz CT molecular complexity index is 597. The van der Waals surface area contributed by atoms with Crippen molar-refractivity contribution in [3.63, 3.8) is 0 Å². The summed E-state index contributed by atoms with van der Waals surface area (Å²) in [5.74, 6) is 1.76. The van der Waals surface area contributed by atoms with Crippen LogP contribution in [0, 0.1) is 6.92 Å². The Labute approximate surface area is 128 Å². The van der Waals surface area contributed by atoms with Gasteiger partial charge in [-0.2, -0.15) is 0 Å². The average Bonchev–Trinajstić information content (AvgIpc) is 2.93. The molecule has 2 aromatic rings. The average molecular weight is 282 g/mol. The van der Waals surface area contributed by atoms with Crippen molar-refractivity contribution in [2.75, 3.05) is 0 Å². The Balaban J connectivity index is 2.00. The first-order valence-electron chi connectivity index (χ1n) is 8.41. The summed E-state index contributed by atoms with van der Waals surface area (Å²) in [6.07, 6.45) is 9.64. The predicted molar refractivity (Wildman–Crippen MR) is 87.7 cm³/mol. The summed E-state index contributed by atoms with van der Waals surface area (Å²) in [4.78, 5) is 4.83. The van der Waals surface area contributed by atoms with E-state index in [0.717, 1.165) is 6.54 Å². The molecule has 1 aromatic carbocycles. The highest BCUT2D eigenvalue weighted by atomic mass is 15.1. The molecule has 21 heavy (non-hydrogen) atoms. The van der Waals surface area contributed by atoms with Crippen LogP contribution < -0.4 is 0 Å². The van der Waals surface area contributed by atoms with Crippen LogP contribution in [0.3, 0.4) is 0 Å². The van der Waals surface area contributed by atoms with Crippen molar-refractivity contribution in [2.45, 2.75) is 64.8 Å². The van der Waals surface area contributed by atoms with Crippen LogP contribution in [-0.2, 0) is 13.0 Å². The van der Waals surface area contributed by atoms with Crippen LogP contribution >= 0.6 is 0 Å². The second kappa shape index (κ2) is 6.46. The van der Waals surface area contributed by atoms with Crippen LogP contribution in [0.4, 0.5) is 0 Å². The highest BCUT2D eigenvalue weighted by Crippen LogP contribution is 2.33. The second-order valence-electron chi connectivity index (χ2n) is 6.27. The van der Waals surface area contributed by atoms with E-state index >= 15 is 0 Å². The Morgan fingerprint density at radius 1 is 1.24 bits per heavy atom. The maximum atomic E-state index is 4.83. The monoisotopic (exact) mass is 282 g/mol. The first-order chi connectivity index (χ1) is 10.3. The largest absolute Gasteiger partial charge is 0.332 e. The lowest BCUT2D eigenvalue weighted by atomic mass is 9.89. The summed E-state index contributed by atoms with van der Waals surface area (Å²) >= 11 is 0. The van der Waals surface area contributed by atoms with Gasteiger partial charge in [0.25, 0.3) is 0 Å². The first kappa shape index (κ1) is 14.4. The Morgan fingerprint density at radius 2 is 2.10 bits per heavy atom. The summed E-state index contributed by atoms with van der Waals surface area (Å²) in [7, 11) is 0. The summed E-state index contributed by atoms with van der Waals surface area (Å²) in [6.45, 7) is 5.66. The van der Waals surface area contributed by atoms with Crippen molar-refractivity contribution >= 4 is 0 Å². The highest BCUT2D eigenvalue weighted by Gasteiger charge is 2.23. The van der Waals surface area contributed by atoms with Gasteiger partial charge in [0.05, 0.1) is 0 Å². The minimum Gasteiger partial charge on any atom is -0.332 e. The number of fused-ring (bicyclic) bond motifs is 1. The summed E-state index contributed by atoms with van der Waals surface area (Å²) < 4.78 is 2.50. The molecule has 2 nitrogen and oxygen atoms in total. The standard InChI is InChI=1S/C19H26N2/c1-3-4-11-18(17-12-6-5-9-15(17)2)19-20-14-16-10-7-8-13-21(16)19/h5-6,9,12,14,18H,3-4,7-8,10-11,13H2,1-2H3. The minimum atomic E-state index is 0.456. The van der Waals surface area contributed by atoms with Crippen molar-refractivity contribution in [3.8, 4) is 0 Å². The van der Waals surface area contributed by atoms with Gasteiger partial charge in [-0.15, -0.1) is 0 Å². The molecule has 1 atom stereocenters. The predicted octanol–water partition coefficient (Wildman–Crippen LogP) is 4.85. The van der Waals surface area contributed by atoms with E-state index < -0.39 is 0 Å². The maximum Gasteiger partial charge on any atom is 0.116 e. The molecule has 0 saturated carbocycles. The maximum absolute atomic E-state index is 4.83. The van der Waals surface area contributed by atoms with Gasteiger partial charge < -0.3 is 4.57 Å². The van der Waals surface area contributed by atoms with Crippen molar-refractivity contribution in [1.29, 1.82) is 0 Å². The molecule has 0 radical (unpaired) electrons. The lowest BCUT2D eigenvalue weighted by molar-refractivity contribution is 0.493. The fourth-order valence-electron chi connectivity index (χ4n) is 3.55. The van der Waals surface area contributed by atoms with Crippen molar-refractivity contribution < 1.29 is 0 Å². The fourth-order valence-corrected chi connectivity index (χ4v) is 3.55. The molecule has 0 aliphatic carbocycles. The van der Waals surface area contributed by atoms with Crippen LogP contribution in [0.25, 0.3) is 0 Å². The topological polar surface area (TPSA) is 17.8 Å². The van der Waals surface area contributed by atoms with Crippen molar-refractivity contribution in [2.24, 2.45) is 0 Å². The van der Waals surface area contributed by atoms with E-state index in [4.69, 9.17) is 4.98 Å². The number of imidazole rings is 1. The van der Waals surface area contributed by atoms with Gasteiger partial charge in [0.15, 0.2) is 0 Å². The van der Waals surface area contributed by atoms with Crippen LogP contribution in [0.2, 0.25) is 0 Å². The van der Waals surface area contributed by atoms with E-state index in [1.807, 2.05) is 0 Å². The molecule has 2 heterocycles. The van der Waals surface area contributed by atoms with Gasteiger partial charge >= 0.3 is 0 Å². The van der Waals surface area contributed by atoms with Gasteiger partial charge in [-0.05, 0) is 43.7 Å². The smallest absolute Gasteiger partial charge is 0.116 e. The molecule has 3 rings (SSSR count). The second-order valence-corrected chi connectivity index (χ2v) is 6.27. The van der Waals surface area contributed by atoms with Crippen molar-refractivity contribution in [3.05, 3.63) is 53.1 Å². The number of nitrogens with zero attached hydrogens (tertiary/aromatic N) is 2. The molecule has 1 unspecified atom stereocenters. The lowest BCUT2D eigenvalue weighted by Gasteiger charge is -2.23. The van der Waals surface area contributed by atoms with Gasteiger partial charge in [0.2, 0.25) is 0 Å². The molecule has 0 spiro atoms. The molecule has 1 aromatic heterocycles. The van der Waals surface area contributed by atoms with Crippen LogP contribution in [0.1, 0.15) is 67.6 Å². The zero-order chi connectivity index (χ0) is 14.7. The van der Waals surface area contributed by atoms with E-state index in [1.165, 1.54) is 61.2 Å². The van der Waals surface area contributed by atoms with E-state index in [2.05, 4.69) is 48.9 Å². The number of hydrogen-bond acceptors (Lipinski definition) is 1. The first-order valence-corrected chi connectivity index (χ1v) is 8.41. The van der Waals surface area contributed by atoms with E-state index in [0.29, 0.717) is 5.92 Å². The molecule has 0 amide bonds. The number of unbranched alkanes of at least 4 members (excludes halogenated alkanes) is 1. The molecule has 0 N–H and O–H groups in total. The molecular weight excluding hydrogens is 256 g/mol. The van der Waals surface area contributed by atoms with Crippen LogP contribution in [0.5, 0.6) is 0 Å². The molecular formula is C19H26N2. The molecule has 112 valence electrons. The molecule has 1 aliphatic heterocycles. The van der Waals surface area contributed by atoms with Gasteiger partial charge in [-0.1, -0.05) is 44.0 Å². The number of rotatable bonds is 5. The molecule has 1 aliphatic rings. The number of benzene rings is 1. The zero-order valence-corrected chi connectivity index (χ0v) is 13.3. The van der Waals surface area contributed by atoms with Gasteiger partial charge in [0, 0.05) is 24.4 Å². The summed E-state index contributed by atoms with van der Waals surface area (Å²) in [5, 5.41) is 0. The van der Waals surface area contributed by atoms with E-state index in [-0.39, 0.29) is 0 Å². The SMILES string of the molecule is CCCCC(c1ccccc1C)c1ncc2n1CCCC2. The molecule has 0 fully saturated rings. The molecule has 2 heteroatoms.